The van der Waals surface area contributed by atoms with E-state index >= 15 is 0 Å². The zero-order valence-electron chi connectivity index (χ0n) is 10.6. The molecule has 100 valence electrons. The Hall–Kier alpha value is -1.14. The van der Waals surface area contributed by atoms with Crippen molar-refractivity contribution in [3.63, 3.8) is 0 Å². The molecule has 2 N–H and O–H groups in total. The monoisotopic (exact) mass is 271 g/mol. The van der Waals surface area contributed by atoms with Crippen LogP contribution in [0.1, 0.15) is 26.7 Å². The second-order valence-corrected chi connectivity index (χ2v) is 5.43. The number of aromatic nitrogens is 3. The molecule has 1 aliphatic rings. The van der Waals surface area contributed by atoms with Gasteiger partial charge in [-0.15, -0.1) is 0 Å². The van der Waals surface area contributed by atoms with Crippen LogP contribution in [0.5, 0.6) is 0 Å². The number of nitrogens with zero attached hydrogens (tertiary/aromatic N) is 4. The average molecular weight is 272 g/mol. The maximum absolute atomic E-state index is 9.65. The van der Waals surface area contributed by atoms with E-state index in [0.717, 1.165) is 25.9 Å². The van der Waals surface area contributed by atoms with E-state index in [4.69, 9.17) is 11.6 Å². The summed E-state index contributed by atoms with van der Waals surface area (Å²) in [5.41, 5.74) is -0.826. The van der Waals surface area contributed by atoms with Gasteiger partial charge < -0.3 is 15.3 Å². The van der Waals surface area contributed by atoms with Crippen LogP contribution in [0.15, 0.2) is 0 Å². The number of halogens is 1. The molecule has 0 aliphatic carbocycles. The molecule has 0 atom stereocenters. The number of hydrogen-bond acceptors (Lipinski definition) is 6. The molecule has 7 heteroatoms. The fourth-order valence-corrected chi connectivity index (χ4v) is 1.93. The molecule has 0 spiro atoms. The highest BCUT2D eigenvalue weighted by molar-refractivity contribution is 6.28. The molecule has 18 heavy (non-hydrogen) atoms. The fourth-order valence-electron chi connectivity index (χ4n) is 1.77. The van der Waals surface area contributed by atoms with Crippen LogP contribution in [0, 0.1) is 0 Å². The number of hydrogen-bond donors (Lipinski definition) is 2. The van der Waals surface area contributed by atoms with Gasteiger partial charge in [-0.1, -0.05) is 0 Å². The highest BCUT2D eigenvalue weighted by Crippen LogP contribution is 2.18. The molecule has 1 fully saturated rings. The number of rotatable bonds is 4. The average Bonchev–Trinajstić information content (AvgIpc) is 2.78. The lowest BCUT2D eigenvalue weighted by molar-refractivity contribution is 0.0943. The molecular weight excluding hydrogens is 254 g/mol. The molecule has 0 bridgehead atoms. The molecule has 0 unspecified atom stereocenters. The van der Waals surface area contributed by atoms with Gasteiger partial charge in [-0.2, -0.15) is 15.0 Å². The first kappa shape index (κ1) is 13.3. The SMILES string of the molecule is CC(C)(O)CNc1nc(Cl)nc(N2CCCC2)n1. The Morgan fingerprint density at radius 2 is 1.94 bits per heavy atom. The van der Waals surface area contributed by atoms with Crippen LogP contribution in [-0.4, -0.2) is 45.3 Å². The predicted octanol–water partition coefficient (Wildman–Crippen LogP) is 1.31. The van der Waals surface area contributed by atoms with Gasteiger partial charge in [0.2, 0.25) is 17.2 Å². The molecule has 2 heterocycles. The molecular formula is C11H18ClN5O. The first-order valence-corrected chi connectivity index (χ1v) is 6.45. The first-order valence-electron chi connectivity index (χ1n) is 6.07. The highest BCUT2D eigenvalue weighted by Gasteiger charge is 2.18. The second-order valence-electron chi connectivity index (χ2n) is 5.09. The summed E-state index contributed by atoms with van der Waals surface area (Å²) < 4.78 is 0. The molecule has 1 aliphatic heterocycles. The summed E-state index contributed by atoms with van der Waals surface area (Å²) in [5, 5.41) is 12.8. The van der Waals surface area contributed by atoms with E-state index in [9.17, 15) is 5.11 Å². The summed E-state index contributed by atoms with van der Waals surface area (Å²) in [5.74, 6) is 1.00. The molecule has 1 saturated heterocycles. The van der Waals surface area contributed by atoms with Crippen LogP contribution >= 0.6 is 11.6 Å². The normalized spacial score (nSPS) is 16.1. The van der Waals surface area contributed by atoms with E-state index in [1.165, 1.54) is 0 Å². The zero-order valence-corrected chi connectivity index (χ0v) is 11.4. The van der Waals surface area contributed by atoms with E-state index in [1.54, 1.807) is 13.8 Å². The Morgan fingerprint density at radius 1 is 1.28 bits per heavy atom. The summed E-state index contributed by atoms with van der Waals surface area (Å²) in [4.78, 5) is 14.5. The van der Waals surface area contributed by atoms with Crippen LogP contribution in [0.4, 0.5) is 11.9 Å². The third kappa shape index (κ3) is 3.68. The molecule has 1 aromatic heterocycles. The third-order valence-corrected chi connectivity index (χ3v) is 2.83. The van der Waals surface area contributed by atoms with Gasteiger partial charge in [-0.05, 0) is 38.3 Å². The molecule has 0 radical (unpaired) electrons. The van der Waals surface area contributed by atoms with E-state index in [0.29, 0.717) is 18.4 Å². The largest absolute Gasteiger partial charge is 0.389 e. The summed E-state index contributed by atoms with van der Waals surface area (Å²) in [6, 6.07) is 0. The molecule has 6 nitrogen and oxygen atoms in total. The molecule has 0 saturated carbocycles. The van der Waals surface area contributed by atoms with E-state index in [1.807, 2.05) is 0 Å². The number of nitrogens with one attached hydrogen (secondary N) is 1. The summed E-state index contributed by atoms with van der Waals surface area (Å²) in [6.07, 6.45) is 2.30. The lowest BCUT2D eigenvalue weighted by atomic mass is 10.1. The van der Waals surface area contributed by atoms with Crippen LogP contribution in [0.25, 0.3) is 0 Å². The van der Waals surface area contributed by atoms with Crippen molar-refractivity contribution in [2.75, 3.05) is 29.9 Å². The Morgan fingerprint density at radius 3 is 2.56 bits per heavy atom. The van der Waals surface area contributed by atoms with Gasteiger partial charge in [0.1, 0.15) is 0 Å². The lowest BCUT2D eigenvalue weighted by Crippen LogP contribution is -2.30. The number of aliphatic hydroxyl groups is 1. The summed E-state index contributed by atoms with van der Waals surface area (Å²) in [7, 11) is 0. The van der Waals surface area contributed by atoms with Crippen molar-refractivity contribution >= 4 is 23.5 Å². The van der Waals surface area contributed by atoms with Crippen molar-refractivity contribution in [1.29, 1.82) is 0 Å². The molecule has 0 aromatic carbocycles. The Balaban J connectivity index is 2.10. The van der Waals surface area contributed by atoms with Crippen LogP contribution in [0.2, 0.25) is 5.28 Å². The van der Waals surface area contributed by atoms with Gasteiger partial charge in [0.05, 0.1) is 5.60 Å². The molecule has 1 aromatic rings. The highest BCUT2D eigenvalue weighted by atomic mass is 35.5. The summed E-state index contributed by atoms with van der Waals surface area (Å²) >= 11 is 5.89. The topological polar surface area (TPSA) is 74.2 Å². The smallest absolute Gasteiger partial charge is 0.231 e. The summed E-state index contributed by atoms with van der Waals surface area (Å²) in [6.45, 7) is 5.68. The Labute approximate surface area is 111 Å². The third-order valence-electron chi connectivity index (χ3n) is 2.66. The Kier molecular flexibility index (Phi) is 3.87. The second kappa shape index (κ2) is 5.24. The van der Waals surface area contributed by atoms with Crippen molar-refractivity contribution in [2.24, 2.45) is 0 Å². The van der Waals surface area contributed by atoms with Crippen LogP contribution in [-0.2, 0) is 0 Å². The fraction of sp³-hybridized carbons (Fsp3) is 0.727. The molecule has 0 amide bonds. The minimum Gasteiger partial charge on any atom is -0.389 e. The Bertz CT molecular complexity index is 414. The van der Waals surface area contributed by atoms with Crippen molar-refractivity contribution in [1.82, 2.24) is 15.0 Å². The van der Waals surface area contributed by atoms with Crippen LogP contribution in [0.3, 0.4) is 0 Å². The zero-order chi connectivity index (χ0) is 13.2. The first-order chi connectivity index (χ1) is 8.44. The van der Waals surface area contributed by atoms with Gasteiger partial charge in [-0.25, -0.2) is 0 Å². The van der Waals surface area contributed by atoms with Gasteiger partial charge in [-0.3, -0.25) is 0 Å². The van der Waals surface area contributed by atoms with E-state index in [2.05, 4.69) is 25.2 Å². The van der Waals surface area contributed by atoms with Crippen molar-refractivity contribution in [3.8, 4) is 0 Å². The van der Waals surface area contributed by atoms with Gasteiger partial charge >= 0.3 is 0 Å². The lowest BCUT2D eigenvalue weighted by Gasteiger charge is -2.19. The maximum atomic E-state index is 9.65. The number of anilines is 2. The minimum atomic E-state index is -0.826. The van der Waals surface area contributed by atoms with E-state index in [-0.39, 0.29) is 5.28 Å². The van der Waals surface area contributed by atoms with Gasteiger partial charge in [0.25, 0.3) is 0 Å². The standard InChI is InChI=1S/C11H18ClN5O/c1-11(2,18)7-13-9-14-8(12)15-10(16-9)17-5-3-4-6-17/h18H,3-7H2,1-2H3,(H,13,14,15,16). The van der Waals surface area contributed by atoms with Crippen molar-refractivity contribution in [2.45, 2.75) is 32.3 Å². The molecule has 2 rings (SSSR count). The van der Waals surface area contributed by atoms with E-state index < -0.39 is 5.60 Å². The van der Waals surface area contributed by atoms with Gasteiger partial charge in [0.15, 0.2) is 0 Å². The van der Waals surface area contributed by atoms with Crippen molar-refractivity contribution in [3.05, 3.63) is 5.28 Å². The minimum absolute atomic E-state index is 0.171. The quantitative estimate of drug-likeness (QED) is 0.860. The van der Waals surface area contributed by atoms with Crippen molar-refractivity contribution < 1.29 is 5.11 Å². The predicted molar refractivity (Wildman–Crippen MR) is 71.1 cm³/mol. The van der Waals surface area contributed by atoms with Crippen LogP contribution < -0.4 is 10.2 Å². The van der Waals surface area contributed by atoms with Gasteiger partial charge in [0, 0.05) is 19.6 Å². The maximum Gasteiger partial charge on any atom is 0.231 e.